The lowest BCUT2D eigenvalue weighted by atomic mass is 9.47. The molecule has 1 N–H and O–H groups in total. The molecule has 1 aliphatic heterocycles. The van der Waals surface area contributed by atoms with E-state index in [1.165, 1.54) is 44.9 Å². The van der Waals surface area contributed by atoms with E-state index in [4.69, 9.17) is 9.47 Å². The van der Waals surface area contributed by atoms with Gasteiger partial charge in [-0.2, -0.15) is 0 Å². The molecule has 4 fully saturated rings. The highest BCUT2D eigenvalue weighted by molar-refractivity contribution is 5.96. The summed E-state index contributed by atoms with van der Waals surface area (Å²) in [5.74, 6) is 4.89. The molecule has 0 aromatic rings. The molecule has 158 valence electrons. The molecule has 0 aromatic carbocycles. The van der Waals surface area contributed by atoms with Gasteiger partial charge in [-0.3, -0.25) is 0 Å². The van der Waals surface area contributed by atoms with Crippen LogP contribution in [0.25, 0.3) is 0 Å². The Labute approximate surface area is 174 Å². The first kappa shape index (κ1) is 18.6. The Balaban J connectivity index is 1.36. The largest absolute Gasteiger partial charge is 0.411 e. The van der Waals surface area contributed by atoms with Crippen molar-refractivity contribution in [3.63, 3.8) is 0 Å². The second kappa shape index (κ2) is 6.43. The minimum atomic E-state index is -0.169. The molecule has 4 nitrogen and oxygen atoms in total. The van der Waals surface area contributed by atoms with E-state index in [9.17, 15) is 5.21 Å². The van der Waals surface area contributed by atoms with Crippen LogP contribution in [0.15, 0.2) is 29.0 Å². The summed E-state index contributed by atoms with van der Waals surface area (Å²) in [5, 5.41) is 12.9. The standard InChI is InChI=1S/C25H35NO3/c1-24-10-7-19-18-6-5-17(26-27)13-16(18)14-20(15-3-4-15)23(19)21(24)8-11-25(24)12-9-22(28-2)29-25/h9,12-13,15,18-23,27H,3-8,10-11,14H2,1-2H3/b26-17+/t18-,19?,20+,21?,22?,23?,24-,25+/m0/s1. The van der Waals surface area contributed by atoms with Gasteiger partial charge < -0.3 is 14.7 Å². The van der Waals surface area contributed by atoms with Crippen LogP contribution in [-0.2, 0) is 9.47 Å². The molecule has 29 heavy (non-hydrogen) atoms. The molecule has 6 aliphatic rings. The fourth-order valence-electron chi connectivity index (χ4n) is 8.53. The summed E-state index contributed by atoms with van der Waals surface area (Å²) in [7, 11) is 1.75. The van der Waals surface area contributed by atoms with Gasteiger partial charge in [-0.25, -0.2) is 0 Å². The Hall–Kier alpha value is -1.13. The minimum Gasteiger partial charge on any atom is -0.411 e. The first-order valence-corrected chi connectivity index (χ1v) is 11.9. The van der Waals surface area contributed by atoms with Gasteiger partial charge in [0.25, 0.3) is 0 Å². The maximum Gasteiger partial charge on any atom is 0.177 e. The third-order valence-electron chi connectivity index (χ3n) is 10.0. The smallest absolute Gasteiger partial charge is 0.177 e. The van der Waals surface area contributed by atoms with E-state index in [1.807, 2.05) is 0 Å². The Bertz CT molecular complexity index is 783. The van der Waals surface area contributed by atoms with Crippen molar-refractivity contribution in [1.29, 1.82) is 0 Å². The van der Waals surface area contributed by atoms with Gasteiger partial charge >= 0.3 is 0 Å². The fraction of sp³-hybridized carbons (Fsp3) is 0.800. The van der Waals surface area contributed by atoms with Crippen LogP contribution in [0.5, 0.6) is 0 Å². The number of allylic oxidation sites excluding steroid dienone is 2. The van der Waals surface area contributed by atoms with Crippen molar-refractivity contribution in [2.45, 2.75) is 76.6 Å². The van der Waals surface area contributed by atoms with Gasteiger partial charge in [0.05, 0.1) is 11.3 Å². The maximum absolute atomic E-state index is 9.33. The van der Waals surface area contributed by atoms with Crippen LogP contribution in [-0.4, -0.2) is 29.9 Å². The van der Waals surface area contributed by atoms with E-state index in [2.05, 4.69) is 30.3 Å². The summed E-state index contributed by atoms with van der Waals surface area (Å²) in [6.07, 6.45) is 17.9. The first-order chi connectivity index (χ1) is 14.1. The van der Waals surface area contributed by atoms with Crippen LogP contribution in [0.1, 0.15) is 64.7 Å². The van der Waals surface area contributed by atoms with Crippen LogP contribution >= 0.6 is 0 Å². The Morgan fingerprint density at radius 3 is 2.72 bits per heavy atom. The molecule has 5 aliphatic carbocycles. The van der Waals surface area contributed by atoms with Gasteiger partial charge in [-0.05, 0) is 105 Å². The molecular formula is C25H35NO3. The Kier molecular flexibility index (Phi) is 4.13. The summed E-state index contributed by atoms with van der Waals surface area (Å²) in [6.45, 7) is 2.54. The molecule has 4 unspecified atom stereocenters. The van der Waals surface area contributed by atoms with Crippen molar-refractivity contribution in [2.75, 3.05) is 7.11 Å². The molecule has 0 amide bonds. The van der Waals surface area contributed by atoms with Crippen LogP contribution in [0.3, 0.4) is 0 Å². The number of fused-ring (bicyclic) bond motifs is 6. The molecule has 8 atom stereocenters. The lowest BCUT2D eigenvalue weighted by Gasteiger charge is -2.58. The van der Waals surface area contributed by atoms with Gasteiger partial charge in [0.15, 0.2) is 6.29 Å². The summed E-state index contributed by atoms with van der Waals surface area (Å²) >= 11 is 0. The van der Waals surface area contributed by atoms with Crippen molar-refractivity contribution < 1.29 is 14.7 Å². The highest BCUT2D eigenvalue weighted by Crippen LogP contribution is 2.69. The van der Waals surface area contributed by atoms with Gasteiger partial charge in [0.1, 0.15) is 0 Å². The fourth-order valence-corrected chi connectivity index (χ4v) is 8.53. The summed E-state index contributed by atoms with van der Waals surface area (Å²) < 4.78 is 12.1. The molecule has 1 heterocycles. The van der Waals surface area contributed by atoms with E-state index in [0.717, 1.165) is 48.1 Å². The van der Waals surface area contributed by atoms with E-state index >= 15 is 0 Å². The third-order valence-corrected chi connectivity index (χ3v) is 10.0. The van der Waals surface area contributed by atoms with Crippen LogP contribution < -0.4 is 0 Å². The van der Waals surface area contributed by atoms with Crippen molar-refractivity contribution in [2.24, 2.45) is 46.1 Å². The van der Waals surface area contributed by atoms with Crippen LogP contribution in [0, 0.1) is 40.9 Å². The number of hydrogen-bond donors (Lipinski definition) is 1. The lowest BCUT2D eigenvalue weighted by Crippen LogP contribution is -2.55. The topological polar surface area (TPSA) is 51.0 Å². The number of rotatable bonds is 2. The Morgan fingerprint density at radius 1 is 1.14 bits per heavy atom. The highest BCUT2D eigenvalue weighted by Gasteiger charge is 2.66. The highest BCUT2D eigenvalue weighted by atomic mass is 16.7. The normalized spacial score (nSPS) is 52.3. The van der Waals surface area contributed by atoms with Crippen molar-refractivity contribution in [3.8, 4) is 0 Å². The van der Waals surface area contributed by atoms with Gasteiger partial charge in [0.2, 0.25) is 0 Å². The van der Waals surface area contributed by atoms with Crippen LogP contribution in [0.2, 0.25) is 0 Å². The first-order valence-electron chi connectivity index (χ1n) is 11.9. The third kappa shape index (κ3) is 2.54. The molecule has 0 aromatic heterocycles. The summed E-state index contributed by atoms with van der Waals surface area (Å²) in [4.78, 5) is 0. The van der Waals surface area contributed by atoms with Crippen molar-refractivity contribution in [1.82, 2.24) is 0 Å². The van der Waals surface area contributed by atoms with E-state index in [1.54, 1.807) is 12.7 Å². The van der Waals surface area contributed by atoms with E-state index in [0.29, 0.717) is 5.92 Å². The zero-order chi connectivity index (χ0) is 19.8. The number of oxime groups is 1. The Morgan fingerprint density at radius 2 is 2.00 bits per heavy atom. The summed E-state index contributed by atoms with van der Waals surface area (Å²) in [6, 6.07) is 0. The van der Waals surface area contributed by atoms with E-state index < -0.39 is 0 Å². The van der Waals surface area contributed by atoms with Gasteiger partial charge in [0, 0.05) is 12.5 Å². The number of methoxy groups -OCH3 is 1. The molecule has 6 rings (SSSR count). The van der Waals surface area contributed by atoms with Gasteiger partial charge in [-0.1, -0.05) is 23.7 Å². The average molecular weight is 398 g/mol. The predicted octanol–water partition coefficient (Wildman–Crippen LogP) is 5.32. The van der Waals surface area contributed by atoms with Crippen LogP contribution in [0.4, 0.5) is 0 Å². The molecule has 4 saturated carbocycles. The molecule has 0 radical (unpaired) electrons. The van der Waals surface area contributed by atoms with E-state index in [-0.39, 0.29) is 17.3 Å². The molecule has 4 heteroatoms. The van der Waals surface area contributed by atoms with Gasteiger partial charge in [-0.15, -0.1) is 0 Å². The second-order valence-electron chi connectivity index (χ2n) is 11.0. The second-order valence-corrected chi connectivity index (χ2v) is 11.0. The quantitative estimate of drug-likeness (QED) is 0.390. The molecule has 1 spiro atoms. The van der Waals surface area contributed by atoms with Crippen molar-refractivity contribution >= 4 is 5.71 Å². The number of ether oxygens (including phenoxy) is 2. The monoisotopic (exact) mass is 397 g/mol. The zero-order valence-corrected chi connectivity index (χ0v) is 17.8. The van der Waals surface area contributed by atoms with Crippen molar-refractivity contribution in [3.05, 3.63) is 23.8 Å². The SMILES string of the molecule is COC1C=C[C@@]2(CCC3C4C(CC[C@@]32C)[C@H]2CC/C(=N\O)C=C2C[C@@H]4C2CC2)O1. The number of hydrogen-bond acceptors (Lipinski definition) is 4. The predicted molar refractivity (Wildman–Crippen MR) is 112 cm³/mol. The number of nitrogens with zero attached hydrogens (tertiary/aromatic N) is 1. The molecule has 0 saturated heterocycles. The molecular weight excluding hydrogens is 362 g/mol. The molecule has 0 bridgehead atoms. The minimum absolute atomic E-state index is 0.114. The lowest BCUT2D eigenvalue weighted by molar-refractivity contribution is -0.194. The zero-order valence-electron chi connectivity index (χ0n) is 17.8. The summed E-state index contributed by atoms with van der Waals surface area (Å²) in [5.41, 5.74) is 2.63. The average Bonchev–Trinajstić information content (AvgIpc) is 3.44. The maximum atomic E-state index is 9.33.